The van der Waals surface area contributed by atoms with E-state index in [4.69, 9.17) is 0 Å². The van der Waals surface area contributed by atoms with Crippen LogP contribution in [0.15, 0.2) is 11.6 Å². The summed E-state index contributed by atoms with van der Waals surface area (Å²) < 4.78 is 23.2. The minimum atomic E-state index is -2.75. The first-order chi connectivity index (χ1) is 10.9. The van der Waals surface area contributed by atoms with E-state index < -0.39 is 9.84 Å². The van der Waals surface area contributed by atoms with Crippen molar-refractivity contribution in [3.8, 4) is 0 Å². The fourth-order valence-electron chi connectivity index (χ4n) is 3.62. The van der Waals surface area contributed by atoms with Crippen molar-refractivity contribution in [2.75, 3.05) is 44.2 Å². The van der Waals surface area contributed by atoms with Gasteiger partial charge < -0.3 is 4.90 Å². The summed E-state index contributed by atoms with van der Waals surface area (Å²) in [5.74, 6) is 1.55. The zero-order chi connectivity index (χ0) is 16.9. The van der Waals surface area contributed by atoms with Gasteiger partial charge >= 0.3 is 0 Å². The number of rotatable bonds is 7. The predicted molar refractivity (Wildman–Crippen MR) is 97.5 cm³/mol. The highest BCUT2D eigenvalue weighted by atomic mass is 32.2. The van der Waals surface area contributed by atoms with Crippen molar-refractivity contribution in [1.82, 2.24) is 9.80 Å². The molecular formula is C18H34N2O2S. The lowest BCUT2D eigenvalue weighted by Crippen LogP contribution is -2.50. The summed E-state index contributed by atoms with van der Waals surface area (Å²) in [5, 5.41) is 0. The van der Waals surface area contributed by atoms with Gasteiger partial charge in [-0.05, 0) is 52.0 Å². The van der Waals surface area contributed by atoms with Crippen LogP contribution in [0.1, 0.15) is 46.5 Å². The second-order valence-corrected chi connectivity index (χ2v) is 9.92. The van der Waals surface area contributed by atoms with E-state index in [9.17, 15) is 8.42 Å². The van der Waals surface area contributed by atoms with Crippen molar-refractivity contribution >= 4 is 9.84 Å². The van der Waals surface area contributed by atoms with Gasteiger partial charge in [-0.3, -0.25) is 4.90 Å². The number of sulfone groups is 1. The van der Waals surface area contributed by atoms with E-state index in [1.165, 1.54) is 31.4 Å². The molecule has 2 rings (SSSR count). The number of piperazine rings is 1. The molecule has 0 aromatic heterocycles. The fraction of sp³-hybridized carbons (Fsp3) is 0.889. The highest BCUT2D eigenvalue weighted by Gasteiger charge is 2.33. The zero-order valence-electron chi connectivity index (χ0n) is 15.1. The van der Waals surface area contributed by atoms with E-state index in [-0.39, 0.29) is 6.04 Å². The van der Waals surface area contributed by atoms with Crippen LogP contribution in [0.3, 0.4) is 0 Å². The third-order valence-corrected chi connectivity index (χ3v) is 7.03. The average molecular weight is 343 g/mol. The Bertz CT molecular complexity index is 489. The standard InChI is InChI=1S/C18H34N2O2S/c1-16(2)5-4-6-17(3)7-9-19-10-12-20(13-11-19)18-8-14-23(21,22)15-18/h5,17-18H,4,6-15H2,1-3H3. The molecule has 5 heteroatoms. The van der Waals surface area contributed by atoms with Crippen molar-refractivity contribution < 1.29 is 8.42 Å². The van der Waals surface area contributed by atoms with Crippen LogP contribution in [0.2, 0.25) is 0 Å². The summed E-state index contributed by atoms with van der Waals surface area (Å²) in [6, 6.07) is 0.283. The van der Waals surface area contributed by atoms with Gasteiger partial charge in [0.2, 0.25) is 0 Å². The lowest BCUT2D eigenvalue weighted by molar-refractivity contribution is 0.101. The Hall–Kier alpha value is -0.390. The third-order valence-electron chi connectivity index (χ3n) is 5.28. The Morgan fingerprint density at radius 1 is 1.17 bits per heavy atom. The molecule has 2 heterocycles. The molecule has 0 saturated carbocycles. The van der Waals surface area contributed by atoms with Crippen molar-refractivity contribution in [3.05, 3.63) is 11.6 Å². The average Bonchev–Trinajstić information content (AvgIpc) is 2.85. The zero-order valence-corrected chi connectivity index (χ0v) is 15.9. The first-order valence-corrected chi connectivity index (χ1v) is 11.0. The van der Waals surface area contributed by atoms with E-state index in [0.717, 1.165) is 38.5 Å². The lowest BCUT2D eigenvalue weighted by atomic mass is 10.0. The van der Waals surface area contributed by atoms with Crippen molar-refractivity contribution in [1.29, 1.82) is 0 Å². The van der Waals surface area contributed by atoms with Crippen molar-refractivity contribution in [3.63, 3.8) is 0 Å². The van der Waals surface area contributed by atoms with Crippen molar-refractivity contribution in [2.24, 2.45) is 5.92 Å². The number of nitrogens with zero attached hydrogens (tertiary/aromatic N) is 2. The molecule has 23 heavy (non-hydrogen) atoms. The van der Waals surface area contributed by atoms with Gasteiger partial charge in [-0.15, -0.1) is 0 Å². The predicted octanol–water partition coefficient (Wildman–Crippen LogP) is 2.56. The van der Waals surface area contributed by atoms with Gasteiger partial charge in [0.05, 0.1) is 11.5 Å². The lowest BCUT2D eigenvalue weighted by Gasteiger charge is -2.38. The second-order valence-electron chi connectivity index (χ2n) is 7.69. The molecule has 2 saturated heterocycles. The van der Waals surface area contributed by atoms with E-state index in [0.29, 0.717) is 11.5 Å². The highest BCUT2D eigenvalue weighted by molar-refractivity contribution is 7.91. The minimum Gasteiger partial charge on any atom is -0.301 e. The molecule has 134 valence electrons. The van der Waals surface area contributed by atoms with Crippen LogP contribution in [0, 0.1) is 5.92 Å². The minimum absolute atomic E-state index is 0.283. The van der Waals surface area contributed by atoms with Crippen LogP contribution < -0.4 is 0 Å². The van der Waals surface area contributed by atoms with Gasteiger partial charge in [-0.1, -0.05) is 18.6 Å². The molecule has 2 fully saturated rings. The molecule has 0 amide bonds. The van der Waals surface area contributed by atoms with Crippen LogP contribution in [0.5, 0.6) is 0 Å². The smallest absolute Gasteiger partial charge is 0.151 e. The van der Waals surface area contributed by atoms with Gasteiger partial charge in [0.15, 0.2) is 9.84 Å². The Labute approximate surface area is 142 Å². The van der Waals surface area contributed by atoms with Gasteiger partial charge in [0.25, 0.3) is 0 Å². The van der Waals surface area contributed by atoms with Crippen LogP contribution in [-0.4, -0.2) is 68.5 Å². The molecular weight excluding hydrogens is 308 g/mol. The Balaban J connectivity index is 1.62. The summed E-state index contributed by atoms with van der Waals surface area (Å²) in [6.45, 7) is 12.1. The molecule has 0 N–H and O–H groups in total. The Kier molecular flexibility index (Phi) is 7.11. The third kappa shape index (κ3) is 6.55. The van der Waals surface area contributed by atoms with Crippen molar-refractivity contribution in [2.45, 2.75) is 52.5 Å². The van der Waals surface area contributed by atoms with Gasteiger partial charge in [0, 0.05) is 32.2 Å². The summed E-state index contributed by atoms with van der Waals surface area (Å²) in [7, 11) is -2.75. The molecule has 2 atom stereocenters. The molecule has 2 aliphatic rings. The monoisotopic (exact) mass is 342 g/mol. The first-order valence-electron chi connectivity index (χ1n) is 9.16. The number of allylic oxidation sites excluding steroid dienone is 2. The highest BCUT2D eigenvalue weighted by Crippen LogP contribution is 2.20. The molecule has 0 aromatic rings. The van der Waals surface area contributed by atoms with Crippen LogP contribution >= 0.6 is 0 Å². The molecule has 0 spiro atoms. The van der Waals surface area contributed by atoms with Crippen LogP contribution in [0.4, 0.5) is 0 Å². The summed E-state index contributed by atoms with van der Waals surface area (Å²) >= 11 is 0. The summed E-state index contributed by atoms with van der Waals surface area (Å²) in [4.78, 5) is 4.96. The molecule has 2 aliphatic heterocycles. The normalized spacial score (nSPS) is 27.0. The largest absolute Gasteiger partial charge is 0.301 e. The van der Waals surface area contributed by atoms with E-state index in [1.54, 1.807) is 0 Å². The molecule has 4 nitrogen and oxygen atoms in total. The summed E-state index contributed by atoms with van der Waals surface area (Å²) in [5.41, 5.74) is 1.42. The maximum Gasteiger partial charge on any atom is 0.151 e. The first kappa shape index (κ1) is 18.9. The van der Waals surface area contributed by atoms with E-state index in [2.05, 4.69) is 36.6 Å². The van der Waals surface area contributed by atoms with Crippen LogP contribution in [-0.2, 0) is 9.84 Å². The van der Waals surface area contributed by atoms with E-state index in [1.807, 2.05) is 0 Å². The molecule has 0 aromatic carbocycles. The maximum atomic E-state index is 11.6. The Morgan fingerprint density at radius 3 is 2.43 bits per heavy atom. The quantitative estimate of drug-likeness (QED) is 0.667. The van der Waals surface area contributed by atoms with E-state index >= 15 is 0 Å². The molecule has 0 radical (unpaired) electrons. The second kappa shape index (κ2) is 8.63. The summed E-state index contributed by atoms with van der Waals surface area (Å²) in [6.07, 6.45) is 6.93. The molecule has 2 unspecified atom stereocenters. The Morgan fingerprint density at radius 2 is 1.87 bits per heavy atom. The fourth-order valence-corrected chi connectivity index (χ4v) is 5.38. The maximum absolute atomic E-state index is 11.6. The molecule has 0 aliphatic carbocycles. The topological polar surface area (TPSA) is 40.6 Å². The van der Waals surface area contributed by atoms with Crippen LogP contribution in [0.25, 0.3) is 0 Å². The number of hydrogen-bond acceptors (Lipinski definition) is 4. The van der Waals surface area contributed by atoms with Gasteiger partial charge in [-0.25, -0.2) is 8.42 Å². The number of hydrogen-bond donors (Lipinski definition) is 0. The molecule has 0 bridgehead atoms. The van der Waals surface area contributed by atoms with Gasteiger partial charge in [-0.2, -0.15) is 0 Å². The SMILES string of the molecule is CC(C)=CCCC(C)CCN1CCN(C2CCS(=O)(=O)C2)CC1. The van der Waals surface area contributed by atoms with Gasteiger partial charge in [0.1, 0.15) is 0 Å².